The van der Waals surface area contributed by atoms with Crippen molar-refractivity contribution >= 4 is 6.29 Å². The van der Waals surface area contributed by atoms with Gasteiger partial charge in [0, 0.05) is 16.7 Å². The van der Waals surface area contributed by atoms with Gasteiger partial charge < -0.3 is 4.74 Å². The first kappa shape index (κ1) is 13.1. The topological polar surface area (TPSA) is 26.3 Å². The normalized spacial score (nSPS) is 10.5. The molecule has 0 unspecified atom stereocenters. The van der Waals surface area contributed by atoms with Crippen LogP contribution in [-0.2, 0) is 0 Å². The molecule has 0 spiro atoms. The Labute approximate surface area is 107 Å². The second-order valence-corrected chi connectivity index (χ2v) is 3.73. The minimum Gasteiger partial charge on any atom is -0.434 e. The van der Waals surface area contributed by atoms with Crippen molar-refractivity contribution in [3.8, 4) is 16.9 Å². The van der Waals surface area contributed by atoms with Crippen molar-refractivity contribution < 1.29 is 22.7 Å². The summed E-state index contributed by atoms with van der Waals surface area (Å²) in [5, 5.41) is 0. The van der Waals surface area contributed by atoms with Gasteiger partial charge in [-0.1, -0.05) is 18.2 Å². The van der Waals surface area contributed by atoms with E-state index in [4.69, 9.17) is 0 Å². The monoisotopic (exact) mass is 266 g/mol. The third-order valence-electron chi connectivity index (χ3n) is 2.52. The average molecular weight is 266 g/mol. The molecule has 0 bridgehead atoms. The van der Waals surface area contributed by atoms with E-state index >= 15 is 0 Å². The average Bonchev–Trinajstić information content (AvgIpc) is 2.39. The molecule has 5 heteroatoms. The predicted octanol–water partition coefficient (Wildman–Crippen LogP) is 3.91. The van der Waals surface area contributed by atoms with E-state index in [1.807, 2.05) is 0 Å². The number of carbonyl (C=O) groups is 1. The van der Waals surface area contributed by atoms with Gasteiger partial charge in [-0.15, -0.1) is 0 Å². The van der Waals surface area contributed by atoms with Crippen LogP contribution in [0.3, 0.4) is 0 Å². The van der Waals surface area contributed by atoms with Crippen molar-refractivity contribution in [2.45, 2.75) is 6.61 Å². The lowest BCUT2D eigenvalue weighted by Gasteiger charge is -2.12. The van der Waals surface area contributed by atoms with Gasteiger partial charge in [-0.25, -0.2) is 4.39 Å². The van der Waals surface area contributed by atoms with Crippen LogP contribution in [0.25, 0.3) is 11.1 Å². The van der Waals surface area contributed by atoms with Crippen LogP contribution in [0, 0.1) is 5.82 Å². The van der Waals surface area contributed by atoms with Crippen molar-refractivity contribution in [1.29, 1.82) is 0 Å². The first-order valence-corrected chi connectivity index (χ1v) is 5.41. The molecular weight excluding hydrogens is 257 g/mol. The first-order chi connectivity index (χ1) is 9.11. The van der Waals surface area contributed by atoms with Crippen LogP contribution in [0.4, 0.5) is 13.2 Å². The SMILES string of the molecule is O=Cc1ccc(OC(F)F)c(-c2ccccc2F)c1. The van der Waals surface area contributed by atoms with Crippen LogP contribution >= 0.6 is 0 Å². The number of halogens is 3. The van der Waals surface area contributed by atoms with Crippen molar-refractivity contribution in [2.24, 2.45) is 0 Å². The fourth-order valence-electron chi connectivity index (χ4n) is 1.71. The van der Waals surface area contributed by atoms with Gasteiger partial charge in [-0.2, -0.15) is 8.78 Å². The van der Waals surface area contributed by atoms with Crippen LogP contribution in [0.15, 0.2) is 42.5 Å². The zero-order chi connectivity index (χ0) is 13.8. The number of benzene rings is 2. The van der Waals surface area contributed by atoms with E-state index in [9.17, 15) is 18.0 Å². The smallest absolute Gasteiger partial charge is 0.387 e. The van der Waals surface area contributed by atoms with E-state index in [1.165, 1.54) is 36.4 Å². The molecule has 0 saturated heterocycles. The molecule has 0 fully saturated rings. The molecule has 0 radical (unpaired) electrons. The van der Waals surface area contributed by atoms with E-state index in [-0.39, 0.29) is 22.4 Å². The maximum Gasteiger partial charge on any atom is 0.387 e. The van der Waals surface area contributed by atoms with Crippen LogP contribution in [-0.4, -0.2) is 12.9 Å². The summed E-state index contributed by atoms with van der Waals surface area (Å²) in [7, 11) is 0. The van der Waals surface area contributed by atoms with Crippen LogP contribution in [0.1, 0.15) is 10.4 Å². The molecular formula is C14H9F3O2. The molecule has 2 nitrogen and oxygen atoms in total. The first-order valence-electron chi connectivity index (χ1n) is 5.41. The standard InChI is InChI=1S/C14H9F3O2/c15-12-4-2-1-3-10(12)11-7-9(8-18)5-6-13(11)19-14(16)17/h1-8,14H. The molecule has 2 rings (SSSR count). The Kier molecular flexibility index (Phi) is 3.85. The van der Waals surface area contributed by atoms with E-state index in [0.717, 1.165) is 0 Å². The van der Waals surface area contributed by atoms with Gasteiger partial charge in [0.2, 0.25) is 0 Å². The van der Waals surface area contributed by atoms with Crippen molar-refractivity contribution in [1.82, 2.24) is 0 Å². The lowest BCUT2D eigenvalue weighted by atomic mass is 10.0. The molecule has 19 heavy (non-hydrogen) atoms. The summed E-state index contributed by atoms with van der Waals surface area (Å²) in [6.45, 7) is -3.02. The zero-order valence-electron chi connectivity index (χ0n) is 9.65. The molecule has 0 amide bonds. The maximum absolute atomic E-state index is 13.7. The summed E-state index contributed by atoms with van der Waals surface area (Å²) in [6, 6.07) is 9.54. The van der Waals surface area contributed by atoms with Crippen LogP contribution in [0.2, 0.25) is 0 Å². The molecule has 0 saturated carbocycles. The number of hydrogen-bond acceptors (Lipinski definition) is 2. The summed E-state index contributed by atoms with van der Waals surface area (Å²) >= 11 is 0. The molecule has 0 N–H and O–H groups in total. The highest BCUT2D eigenvalue weighted by Gasteiger charge is 2.14. The minimum atomic E-state index is -3.02. The molecule has 0 aliphatic rings. The van der Waals surface area contributed by atoms with Gasteiger partial charge in [-0.3, -0.25) is 4.79 Å². The molecule has 0 heterocycles. The van der Waals surface area contributed by atoms with E-state index in [2.05, 4.69) is 4.74 Å². The summed E-state index contributed by atoms with van der Waals surface area (Å²) in [4.78, 5) is 10.7. The van der Waals surface area contributed by atoms with Crippen LogP contribution < -0.4 is 4.74 Å². The van der Waals surface area contributed by atoms with Gasteiger partial charge in [-0.05, 0) is 24.3 Å². The Morgan fingerprint density at radius 2 is 1.79 bits per heavy atom. The molecule has 0 aliphatic carbocycles. The Hall–Kier alpha value is -2.30. The van der Waals surface area contributed by atoms with Crippen molar-refractivity contribution in [2.75, 3.05) is 0 Å². The fraction of sp³-hybridized carbons (Fsp3) is 0.0714. The number of carbonyl (C=O) groups excluding carboxylic acids is 1. The Morgan fingerprint density at radius 1 is 1.05 bits per heavy atom. The Morgan fingerprint density at radius 3 is 2.42 bits per heavy atom. The highest BCUT2D eigenvalue weighted by Crippen LogP contribution is 2.33. The lowest BCUT2D eigenvalue weighted by molar-refractivity contribution is -0.0494. The Bertz CT molecular complexity index is 597. The van der Waals surface area contributed by atoms with Gasteiger partial charge in [0.1, 0.15) is 17.9 Å². The van der Waals surface area contributed by atoms with E-state index in [1.54, 1.807) is 6.07 Å². The van der Waals surface area contributed by atoms with Gasteiger partial charge in [0.15, 0.2) is 0 Å². The third kappa shape index (κ3) is 2.93. The molecule has 0 aliphatic heterocycles. The fourth-order valence-corrected chi connectivity index (χ4v) is 1.71. The van der Waals surface area contributed by atoms with E-state index < -0.39 is 12.4 Å². The number of aldehydes is 1. The molecule has 98 valence electrons. The molecule has 2 aromatic rings. The van der Waals surface area contributed by atoms with Gasteiger partial charge in [0.05, 0.1) is 0 Å². The Balaban J connectivity index is 2.58. The number of ether oxygens (including phenoxy) is 1. The quantitative estimate of drug-likeness (QED) is 0.784. The van der Waals surface area contributed by atoms with Gasteiger partial charge in [0.25, 0.3) is 0 Å². The summed E-state index contributed by atoms with van der Waals surface area (Å²) < 4.78 is 42.7. The zero-order valence-corrected chi connectivity index (χ0v) is 9.65. The molecule has 2 aromatic carbocycles. The van der Waals surface area contributed by atoms with E-state index in [0.29, 0.717) is 6.29 Å². The van der Waals surface area contributed by atoms with Crippen LogP contribution in [0.5, 0.6) is 5.75 Å². The highest BCUT2D eigenvalue weighted by atomic mass is 19.3. The maximum atomic E-state index is 13.7. The predicted molar refractivity (Wildman–Crippen MR) is 63.9 cm³/mol. The van der Waals surface area contributed by atoms with Crippen molar-refractivity contribution in [3.05, 3.63) is 53.8 Å². The highest BCUT2D eigenvalue weighted by molar-refractivity contribution is 5.81. The second kappa shape index (κ2) is 5.56. The summed E-state index contributed by atoms with van der Waals surface area (Å²) in [5.41, 5.74) is 0.463. The number of alkyl halides is 2. The largest absolute Gasteiger partial charge is 0.434 e. The third-order valence-corrected chi connectivity index (χ3v) is 2.52. The summed E-state index contributed by atoms with van der Waals surface area (Å²) in [6.07, 6.45) is 0.552. The molecule has 0 atom stereocenters. The van der Waals surface area contributed by atoms with Gasteiger partial charge >= 0.3 is 6.61 Å². The second-order valence-electron chi connectivity index (χ2n) is 3.73. The number of hydrogen-bond donors (Lipinski definition) is 0. The molecule has 0 aromatic heterocycles. The minimum absolute atomic E-state index is 0.0989. The summed E-state index contributed by atoms with van der Waals surface area (Å²) in [5.74, 6) is -0.754. The lowest BCUT2D eigenvalue weighted by Crippen LogP contribution is -2.04. The van der Waals surface area contributed by atoms with Crippen molar-refractivity contribution in [3.63, 3.8) is 0 Å². The number of rotatable bonds is 4.